The smallest absolute Gasteiger partial charge is 0.242 e. The van der Waals surface area contributed by atoms with E-state index < -0.39 is 10.0 Å². The summed E-state index contributed by atoms with van der Waals surface area (Å²) in [5, 5.41) is 0.0113. The summed E-state index contributed by atoms with van der Waals surface area (Å²) in [6.07, 6.45) is 11.5. The van der Waals surface area contributed by atoms with Crippen molar-refractivity contribution in [2.75, 3.05) is 0 Å². The van der Waals surface area contributed by atoms with Gasteiger partial charge in [-0.3, -0.25) is 0 Å². The summed E-state index contributed by atoms with van der Waals surface area (Å²) in [5.41, 5.74) is 0. The number of hydrogen-bond acceptors (Lipinski definition) is 4. The summed E-state index contributed by atoms with van der Waals surface area (Å²) in [7, 11) is -3.62. The molecule has 1 aliphatic carbocycles. The zero-order valence-corrected chi connectivity index (χ0v) is 13.4. The molecule has 2 aliphatic rings. The molecule has 1 fully saturated rings. The van der Waals surface area contributed by atoms with Crippen molar-refractivity contribution in [2.45, 2.75) is 16.2 Å². The van der Waals surface area contributed by atoms with Gasteiger partial charge in [0.15, 0.2) is 4.32 Å². The molecule has 0 spiro atoms. The van der Waals surface area contributed by atoms with Crippen molar-refractivity contribution in [3.05, 3.63) is 66.8 Å². The predicted molar refractivity (Wildman–Crippen MR) is 90.7 cm³/mol. The zero-order valence-electron chi connectivity index (χ0n) is 11.0. The number of rotatable bonds is 2. The number of nitrogens with zero attached hydrogens (tertiary/aromatic N) is 1. The predicted octanol–water partition coefficient (Wildman–Crippen LogP) is 3.13. The molecule has 1 aromatic carbocycles. The molecule has 21 heavy (non-hydrogen) atoms. The van der Waals surface area contributed by atoms with Gasteiger partial charge in [0.05, 0.1) is 16.2 Å². The molecule has 3 nitrogen and oxygen atoms in total. The fraction of sp³-hybridized carbons (Fsp3) is 0.133. The lowest BCUT2D eigenvalue weighted by Crippen LogP contribution is -2.39. The molecule has 0 aromatic heterocycles. The van der Waals surface area contributed by atoms with Gasteiger partial charge in [-0.05, 0) is 12.1 Å². The van der Waals surface area contributed by atoms with E-state index in [-0.39, 0.29) is 16.2 Å². The highest BCUT2D eigenvalue weighted by atomic mass is 32.2. The van der Waals surface area contributed by atoms with Gasteiger partial charge in [0.25, 0.3) is 10.0 Å². The van der Waals surface area contributed by atoms with Gasteiger partial charge in [0.2, 0.25) is 0 Å². The molecule has 0 bridgehead atoms. The van der Waals surface area contributed by atoms with E-state index in [2.05, 4.69) is 0 Å². The molecule has 0 saturated carbocycles. The number of thioether (sulfide) groups is 1. The average molecular weight is 335 g/mol. The normalized spacial score (nSPS) is 27.8. The van der Waals surface area contributed by atoms with E-state index in [1.165, 1.54) is 16.1 Å². The highest BCUT2D eigenvalue weighted by molar-refractivity contribution is 8.24. The minimum atomic E-state index is -3.62. The molecule has 1 heterocycles. The Morgan fingerprint density at radius 1 is 1.00 bits per heavy atom. The molecule has 0 unspecified atom stereocenters. The Morgan fingerprint density at radius 2 is 1.67 bits per heavy atom. The summed E-state index contributed by atoms with van der Waals surface area (Å²) in [6, 6.07) is 8.13. The molecule has 2 atom stereocenters. The van der Waals surface area contributed by atoms with Gasteiger partial charge in [-0.25, -0.2) is 12.7 Å². The lowest BCUT2D eigenvalue weighted by Gasteiger charge is -2.24. The number of benzene rings is 1. The lowest BCUT2D eigenvalue weighted by molar-refractivity contribution is 0.499. The van der Waals surface area contributed by atoms with Crippen LogP contribution in [0.15, 0.2) is 71.7 Å². The Morgan fingerprint density at radius 3 is 2.38 bits per heavy atom. The largest absolute Gasteiger partial charge is 0.265 e. The molecule has 1 saturated heterocycles. The first kappa shape index (κ1) is 14.6. The van der Waals surface area contributed by atoms with Crippen molar-refractivity contribution in [2.24, 2.45) is 0 Å². The van der Waals surface area contributed by atoms with Crippen LogP contribution in [0.2, 0.25) is 0 Å². The number of thiocarbonyl (C=S) groups is 1. The van der Waals surface area contributed by atoms with E-state index in [0.29, 0.717) is 4.32 Å². The third-order valence-electron chi connectivity index (χ3n) is 3.27. The second kappa shape index (κ2) is 5.79. The van der Waals surface area contributed by atoms with Gasteiger partial charge in [-0.15, -0.1) is 0 Å². The fourth-order valence-corrected chi connectivity index (χ4v) is 5.95. The molecule has 1 aromatic rings. The SMILES string of the molecule is O=S(=O)(c1ccccc1)N1C(=S)S[C@H]2C=C/C=C\C=C/[C@@H]21. The summed E-state index contributed by atoms with van der Waals surface area (Å²) in [4.78, 5) is 0.267. The quantitative estimate of drug-likeness (QED) is 0.778. The van der Waals surface area contributed by atoms with Crippen LogP contribution >= 0.6 is 24.0 Å². The zero-order chi connectivity index (χ0) is 14.9. The van der Waals surface area contributed by atoms with Crippen molar-refractivity contribution >= 4 is 38.3 Å². The molecule has 6 heteroatoms. The van der Waals surface area contributed by atoms with Gasteiger partial charge < -0.3 is 0 Å². The second-order valence-corrected chi connectivity index (χ2v) is 8.23. The van der Waals surface area contributed by atoms with Gasteiger partial charge in [-0.2, -0.15) is 0 Å². The van der Waals surface area contributed by atoms with Crippen LogP contribution in [-0.4, -0.2) is 28.3 Å². The van der Waals surface area contributed by atoms with Crippen molar-refractivity contribution in [1.82, 2.24) is 4.31 Å². The van der Waals surface area contributed by atoms with E-state index in [4.69, 9.17) is 12.2 Å². The topological polar surface area (TPSA) is 37.4 Å². The van der Waals surface area contributed by atoms with Gasteiger partial charge in [0, 0.05) is 0 Å². The molecule has 1 aliphatic heterocycles. The third-order valence-corrected chi connectivity index (χ3v) is 6.90. The van der Waals surface area contributed by atoms with Crippen LogP contribution in [-0.2, 0) is 10.0 Å². The fourth-order valence-electron chi connectivity index (χ4n) is 2.28. The Hall–Kier alpha value is -1.37. The second-order valence-electron chi connectivity index (χ2n) is 4.61. The standard InChI is InChI=1S/C15H13NO2S3/c17-21(18,12-8-4-3-5-9-12)16-13-10-6-1-2-7-11-14(13)20-15(16)19/h1-11,13-14H/b2-1-,10-6-,11-7?/t13-,14-/m0/s1. The van der Waals surface area contributed by atoms with Crippen molar-refractivity contribution in [3.8, 4) is 0 Å². The summed E-state index contributed by atoms with van der Waals surface area (Å²) >= 11 is 6.72. The summed E-state index contributed by atoms with van der Waals surface area (Å²) in [5.74, 6) is 0. The first-order chi connectivity index (χ1) is 10.1. The molecule has 108 valence electrons. The first-order valence-corrected chi connectivity index (χ1v) is 9.15. The Bertz CT molecular complexity index is 735. The number of sulfonamides is 1. The number of allylic oxidation sites excluding steroid dienone is 4. The highest BCUT2D eigenvalue weighted by Gasteiger charge is 2.42. The van der Waals surface area contributed by atoms with Crippen LogP contribution < -0.4 is 0 Å². The first-order valence-electron chi connectivity index (χ1n) is 6.42. The Balaban J connectivity index is 2.05. The summed E-state index contributed by atoms with van der Waals surface area (Å²) < 4.78 is 27.4. The number of hydrogen-bond donors (Lipinski definition) is 0. The van der Waals surface area contributed by atoms with Crippen LogP contribution in [0, 0.1) is 0 Å². The van der Waals surface area contributed by atoms with E-state index >= 15 is 0 Å². The minimum absolute atomic E-state index is 0.0113. The maximum Gasteiger partial charge on any atom is 0.265 e. The van der Waals surface area contributed by atoms with Gasteiger partial charge in [-0.1, -0.05) is 78.6 Å². The molecule has 0 amide bonds. The van der Waals surface area contributed by atoms with Crippen molar-refractivity contribution in [1.29, 1.82) is 0 Å². The molecule has 0 N–H and O–H groups in total. The van der Waals surface area contributed by atoms with Crippen LogP contribution in [0.5, 0.6) is 0 Å². The Labute approximate surface area is 134 Å². The van der Waals surface area contributed by atoms with Crippen molar-refractivity contribution < 1.29 is 8.42 Å². The van der Waals surface area contributed by atoms with E-state index in [9.17, 15) is 8.42 Å². The molecular weight excluding hydrogens is 322 g/mol. The number of fused-ring (bicyclic) bond motifs is 1. The third kappa shape index (κ3) is 2.71. The van der Waals surface area contributed by atoms with Crippen LogP contribution in [0.1, 0.15) is 0 Å². The van der Waals surface area contributed by atoms with E-state index in [1.54, 1.807) is 30.3 Å². The minimum Gasteiger partial charge on any atom is -0.242 e. The van der Waals surface area contributed by atoms with Crippen LogP contribution in [0.3, 0.4) is 0 Å². The van der Waals surface area contributed by atoms with E-state index in [0.717, 1.165) is 0 Å². The van der Waals surface area contributed by atoms with Crippen molar-refractivity contribution in [3.63, 3.8) is 0 Å². The Kier molecular flexibility index (Phi) is 4.01. The monoisotopic (exact) mass is 335 g/mol. The summed E-state index contributed by atoms with van der Waals surface area (Å²) in [6.45, 7) is 0. The van der Waals surface area contributed by atoms with Crippen LogP contribution in [0.25, 0.3) is 0 Å². The molecule has 3 rings (SSSR count). The van der Waals surface area contributed by atoms with Crippen LogP contribution in [0.4, 0.5) is 0 Å². The van der Waals surface area contributed by atoms with Gasteiger partial charge in [0.1, 0.15) is 0 Å². The molecular formula is C15H13NO2S3. The maximum atomic E-state index is 12.8. The highest BCUT2D eigenvalue weighted by Crippen LogP contribution is 2.38. The van der Waals surface area contributed by atoms with E-state index in [1.807, 2.05) is 36.5 Å². The lowest BCUT2D eigenvalue weighted by atomic mass is 10.1. The maximum absolute atomic E-state index is 12.8. The average Bonchev–Trinajstić information content (AvgIpc) is 2.76. The van der Waals surface area contributed by atoms with Gasteiger partial charge >= 0.3 is 0 Å². The molecule has 0 radical (unpaired) electrons.